The zero-order chi connectivity index (χ0) is 10.4. The molecular weight excluding hydrogens is 177 g/mol. The summed E-state index contributed by atoms with van der Waals surface area (Å²) in [6.07, 6.45) is 0. The summed E-state index contributed by atoms with van der Waals surface area (Å²) in [6.45, 7) is 0.490. The minimum atomic E-state index is -0.0568. The van der Waals surface area contributed by atoms with Crippen LogP contribution < -0.4 is 5.32 Å². The van der Waals surface area contributed by atoms with E-state index >= 15 is 0 Å². The molecule has 0 aromatic heterocycles. The number of carbonyl (C=O) groups is 1. The molecule has 0 unspecified atom stereocenters. The van der Waals surface area contributed by atoms with Gasteiger partial charge in [0.1, 0.15) is 0 Å². The van der Waals surface area contributed by atoms with Crippen LogP contribution in [0.4, 0.5) is 4.79 Å². The molecule has 0 radical (unpaired) electrons. The van der Waals surface area contributed by atoms with E-state index in [4.69, 9.17) is 4.74 Å². The SMILES string of the molecule is BC(=O)N[C@@H](COC)c1ccccc1. The van der Waals surface area contributed by atoms with Crippen LogP contribution in [0, 0.1) is 0 Å². The van der Waals surface area contributed by atoms with E-state index < -0.39 is 0 Å². The largest absolute Gasteiger partial charge is 0.382 e. The molecule has 3 nitrogen and oxygen atoms in total. The minimum Gasteiger partial charge on any atom is -0.382 e. The van der Waals surface area contributed by atoms with Crippen LogP contribution in [0.5, 0.6) is 0 Å². The predicted octanol–water partition coefficient (Wildman–Crippen LogP) is 0.717. The number of rotatable bonds is 4. The summed E-state index contributed by atoms with van der Waals surface area (Å²) < 4.78 is 5.04. The second-order valence-electron chi connectivity index (χ2n) is 3.12. The predicted molar refractivity (Wildman–Crippen MR) is 58.1 cm³/mol. The van der Waals surface area contributed by atoms with Gasteiger partial charge in [-0.1, -0.05) is 30.3 Å². The Hall–Kier alpha value is -1.29. The number of amides is 1. The first-order chi connectivity index (χ1) is 6.74. The summed E-state index contributed by atoms with van der Waals surface area (Å²) in [5, 5.41) is 2.83. The van der Waals surface area contributed by atoms with E-state index in [0.29, 0.717) is 6.61 Å². The van der Waals surface area contributed by atoms with Crippen molar-refractivity contribution in [2.45, 2.75) is 6.04 Å². The van der Waals surface area contributed by atoms with E-state index in [1.54, 1.807) is 7.11 Å². The van der Waals surface area contributed by atoms with E-state index in [0.717, 1.165) is 5.56 Å². The molecule has 0 saturated carbocycles. The molecule has 0 bridgehead atoms. The Morgan fingerprint density at radius 2 is 2.14 bits per heavy atom. The van der Waals surface area contributed by atoms with Gasteiger partial charge in [-0.25, -0.2) is 0 Å². The molecule has 14 heavy (non-hydrogen) atoms. The Kier molecular flexibility index (Phi) is 4.20. The Morgan fingerprint density at radius 1 is 1.50 bits per heavy atom. The van der Waals surface area contributed by atoms with E-state index in [-0.39, 0.29) is 11.8 Å². The van der Waals surface area contributed by atoms with E-state index in [9.17, 15) is 4.79 Å². The van der Waals surface area contributed by atoms with Crippen molar-refractivity contribution in [3.05, 3.63) is 35.9 Å². The number of methoxy groups -OCH3 is 1. The lowest BCUT2D eigenvalue weighted by molar-refractivity contribution is 0.169. The normalized spacial score (nSPS) is 12.1. The molecule has 0 fully saturated rings. The number of benzene rings is 1. The molecule has 74 valence electrons. The lowest BCUT2D eigenvalue weighted by atomic mass is 10.0. The van der Waals surface area contributed by atoms with Crippen molar-refractivity contribution in [3.8, 4) is 0 Å². The first kappa shape index (κ1) is 10.8. The van der Waals surface area contributed by atoms with Gasteiger partial charge < -0.3 is 10.1 Å². The third-order valence-corrected chi connectivity index (χ3v) is 1.91. The highest BCUT2D eigenvalue weighted by Gasteiger charge is 2.10. The second kappa shape index (κ2) is 5.45. The molecule has 1 aromatic carbocycles. The number of hydrogen-bond acceptors (Lipinski definition) is 2. The highest BCUT2D eigenvalue weighted by atomic mass is 16.5. The van der Waals surface area contributed by atoms with Crippen LogP contribution in [0.15, 0.2) is 30.3 Å². The maximum absolute atomic E-state index is 10.9. The fourth-order valence-electron chi connectivity index (χ4n) is 1.32. The van der Waals surface area contributed by atoms with Crippen LogP contribution in [-0.4, -0.2) is 27.4 Å². The fourth-order valence-corrected chi connectivity index (χ4v) is 1.32. The molecule has 0 aliphatic rings. The van der Waals surface area contributed by atoms with Gasteiger partial charge in [-0.05, 0) is 5.56 Å². The molecule has 1 aromatic rings. The molecule has 1 N–H and O–H groups in total. The number of hydrogen-bond donors (Lipinski definition) is 1. The highest BCUT2D eigenvalue weighted by molar-refractivity contribution is 6.57. The van der Waals surface area contributed by atoms with Gasteiger partial charge in [0.25, 0.3) is 0 Å². The molecule has 0 saturated heterocycles. The molecular formula is C10H14BNO2. The average molecular weight is 191 g/mol. The maximum Gasteiger partial charge on any atom is 0.215 e. The summed E-state index contributed by atoms with van der Waals surface area (Å²) in [4.78, 5) is 10.9. The van der Waals surface area contributed by atoms with Gasteiger partial charge in [0.05, 0.1) is 12.6 Å². The van der Waals surface area contributed by atoms with Gasteiger partial charge >= 0.3 is 0 Å². The lowest BCUT2D eigenvalue weighted by Gasteiger charge is -2.17. The first-order valence-corrected chi connectivity index (χ1v) is 4.55. The third kappa shape index (κ3) is 3.22. The highest BCUT2D eigenvalue weighted by Crippen LogP contribution is 2.12. The van der Waals surface area contributed by atoms with Crippen LogP contribution >= 0.6 is 0 Å². The number of nitrogens with one attached hydrogen (secondary N) is 1. The van der Waals surface area contributed by atoms with E-state index in [1.807, 2.05) is 30.3 Å². The van der Waals surface area contributed by atoms with Gasteiger partial charge in [0, 0.05) is 7.11 Å². The molecule has 0 aliphatic heterocycles. The van der Waals surface area contributed by atoms with Crippen molar-refractivity contribution in [1.82, 2.24) is 5.32 Å². The Bertz CT molecular complexity index is 289. The summed E-state index contributed by atoms with van der Waals surface area (Å²) in [6, 6.07) is 9.72. The first-order valence-electron chi connectivity index (χ1n) is 4.55. The maximum atomic E-state index is 10.9. The van der Waals surface area contributed by atoms with Crippen molar-refractivity contribution in [3.63, 3.8) is 0 Å². The van der Waals surface area contributed by atoms with Gasteiger partial charge in [-0.2, -0.15) is 0 Å². The Morgan fingerprint density at radius 3 is 2.64 bits per heavy atom. The van der Waals surface area contributed by atoms with Crippen LogP contribution in [0.1, 0.15) is 11.6 Å². The van der Waals surface area contributed by atoms with Gasteiger partial charge in [0.2, 0.25) is 7.85 Å². The molecule has 0 aliphatic carbocycles. The third-order valence-electron chi connectivity index (χ3n) is 1.91. The molecule has 4 heteroatoms. The van der Waals surface area contributed by atoms with Crippen molar-refractivity contribution in [2.24, 2.45) is 0 Å². The van der Waals surface area contributed by atoms with Crippen LogP contribution in [0.3, 0.4) is 0 Å². The summed E-state index contributed by atoms with van der Waals surface area (Å²) in [7, 11) is 3.13. The number of carbonyl (C=O) groups excluding carboxylic acids is 1. The second-order valence-corrected chi connectivity index (χ2v) is 3.12. The zero-order valence-corrected chi connectivity index (χ0v) is 8.49. The van der Waals surface area contributed by atoms with Crippen LogP contribution in [0.2, 0.25) is 0 Å². The summed E-state index contributed by atoms with van der Waals surface area (Å²) in [5.41, 5.74) is 1.06. The molecule has 1 rings (SSSR count). The monoisotopic (exact) mass is 191 g/mol. The van der Waals surface area contributed by atoms with Crippen molar-refractivity contribution < 1.29 is 9.53 Å². The van der Waals surface area contributed by atoms with Gasteiger partial charge in [-0.3, -0.25) is 4.79 Å². The van der Waals surface area contributed by atoms with Crippen LogP contribution in [-0.2, 0) is 4.74 Å². The molecule has 1 amide bonds. The van der Waals surface area contributed by atoms with Gasteiger partial charge in [-0.15, -0.1) is 0 Å². The Labute approximate surface area is 84.9 Å². The molecule has 0 heterocycles. The van der Waals surface area contributed by atoms with E-state index in [1.165, 1.54) is 7.85 Å². The Balaban J connectivity index is 2.72. The fraction of sp³-hybridized carbons (Fsp3) is 0.300. The topological polar surface area (TPSA) is 38.3 Å². The van der Waals surface area contributed by atoms with Crippen LogP contribution in [0.25, 0.3) is 0 Å². The average Bonchev–Trinajstić information content (AvgIpc) is 2.18. The van der Waals surface area contributed by atoms with Crippen molar-refractivity contribution in [1.29, 1.82) is 0 Å². The van der Waals surface area contributed by atoms with Crippen molar-refractivity contribution >= 4 is 13.7 Å². The van der Waals surface area contributed by atoms with E-state index in [2.05, 4.69) is 5.32 Å². The molecule has 1 atom stereocenters. The smallest absolute Gasteiger partial charge is 0.215 e. The van der Waals surface area contributed by atoms with Crippen molar-refractivity contribution in [2.75, 3.05) is 13.7 Å². The standard InChI is InChI=1S/C10H14BNO2/c1-14-7-9(12-10(11)13)8-5-3-2-4-6-8/h2-6,9H,7,11H2,1H3,(H,12,13)/t9-/m0/s1. The zero-order valence-electron chi connectivity index (χ0n) is 8.49. The summed E-state index contributed by atoms with van der Waals surface area (Å²) in [5.74, 6) is -0.0455. The summed E-state index contributed by atoms with van der Waals surface area (Å²) >= 11 is 0. The molecule has 0 spiro atoms. The lowest BCUT2D eigenvalue weighted by Crippen LogP contribution is -2.30. The quantitative estimate of drug-likeness (QED) is 0.712. The number of ether oxygens (including phenoxy) is 1. The minimum absolute atomic E-state index is 0.0455. The van der Waals surface area contributed by atoms with Gasteiger partial charge in [0.15, 0.2) is 5.81 Å².